The Balaban J connectivity index is 1.61. The molecule has 0 saturated carbocycles. The van der Waals surface area contributed by atoms with Crippen molar-refractivity contribution in [2.45, 2.75) is 42.7 Å². The quantitative estimate of drug-likeness (QED) is 0.687. The average molecular weight is 362 g/mol. The van der Waals surface area contributed by atoms with Crippen molar-refractivity contribution in [1.82, 2.24) is 9.55 Å². The topological polar surface area (TPSA) is 47.3 Å². The van der Waals surface area contributed by atoms with Gasteiger partial charge in [0.15, 0.2) is 0 Å². The van der Waals surface area contributed by atoms with E-state index in [-0.39, 0.29) is 0 Å². The minimum absolute atomic E-state index is 0.530. The molecule has 4 nitrogen and oxygen atoms in total. The molecule has 0 saturated heterocycles. The Labute approximate surface area is 155 Å². The summed E-state index contributed by atoms with van der Waals surface area (Å²) in [4.78, 5) is 6.35. The van der Waals surface area contributed by atoms with Crippen LogP contribution in [0.15, 0.2) is 46.7 Å². The lowest BCUT2D eigenvalue weighted by Crippen LogP contribution is -2.34. The van der Waals surface area contributed by atoms with Crippen LogP contribution < -0.4 is 0 Å². The lowest BCUT2D eigenvalue weighted by Gasteiger charge is -2.34. The van der Waals surface area contributed by atoms with E-state index >= 15 is 0 Å². The highest BCUT2D eigenvalue weighted by Crippen LogP contribution is 2.45. The number of pyridine rings is 1. The van der Waals surface area contributed by atoms with Crippen LogP contribution in [0.5, 0.6) is 0 Å². The van der Waals surface area contributed by atoms with Gasteiger partial charge in [0, 0.05) is 46.0 Å². The highest BCUT2D eigenvalue weighted by Gasteiger charge is 2.34. The van der Waals surface area contributed by atoms with Gasteiger partial charge in [0.2, 0.25) is 5.79 Å². The number of thioether (sulfide) groups is 1. The fourth-order valence-corrected chi connectivity index (χ4v) is 5.47. The van der Waals surface area contributed by atoms with E-state index in [4.69, 9.17) is 9.72 Å². The fourth-order valence-electron chi connectivity index (χ4n) is 4.32. The number of allylic oxidation sites excluding steroid dienone is 1. The van der Waals surface area contributed by atoms with Crippen molar-refractivity contribution < 1.29 is 9.84 Å². The zero-order chi connectivity index (χ0) is 17.5. The molecule has 5 heterocycles. The number of ether oxygens (including phenoxy) is 1. The first-order chi connectivity index (χ1) is 12.6. The molecule has 0 amide bonds. The van der Waals surface area contributed by atoms with Crippen LogP contribution in [-0.4, -0.2) is 20.4 Å². The average Bonchev–Trinajstić information content (AvgIpc) is 3.23. The van der Waals surface area contributed by atoms with E-state index in [9.17, 15) is 5.11 Å². The molecule has 0 bridgehead atoms. The standard InChI is InChI=1S/C21H18N2O2S/c1-2-21(24)7-12-6-17-20-14(9-23(17)8-13(12)10-25-21)15-11-26-18-5-3-4-16(22-20)19(15)18/h3-6,9-10,24H,2,7-8,11H2,1H3. The third kappa shape index (κ3) is 1.87. The molecule has 3 aromatic rings. The second kappa shape index (κ2) is 4.93. The summed E-state index contributed by atoms with van der Waals surface area (Å²) in [7, 11) is 0. The van der Waals surface area contributed by atoms with Crippen LogP contribution >= 0.6 is 11.8 Å². The summed E-state index contributed by atoms with van der Waals surface area (Å²) in [6.45, 7) is 2.72. The summed E-state index contributed by atoms with van der Waals surface area (Å²) < 4.78 is 7.88. The Morgan fingerprint density at radius 3 is 3.15 bits per heavy atom. The van der Waals surface area contributed by atoms with Gasteiger partial charge >= 0.3 is 0 Å². The molecule has 0 aliphatic carbocycles. The van der Waals surface area contributed by atoms with Gasteiger partial charge in [-0.3, -0.25) is 0 Å². The lowest BCUT2D eigenvalue weighted by atomic mass is 9.92. The van der Waals surface area contributed by atoms with Crippen molar-refractivity contribution in [2.75, 3.05) is 0 Å². The molecule has 3 aliphatic rings. The maximum atomic E-state index is 10.5. The van der Waals surface area contributed by atoms with Crippen molar-refractivity contribution in [3.63, 3.8) is 0 Å². The van der Waals surface area contributed by atoms with Crippen molar-refractivity contribution in [3.8, 4) is 0 Å². The van der Waals surface area contributed by atoms with Crippen LogP contribution in [0.1, 0.15) is 31.0 Å². The molecule has 1 atom stereocenters. The molecule has 130 valence electrons. The zero-order valence-corrected chi connectivity index (χ0v) is 15.3. The van der Waals surface area contributed by atoms with Gasteiger partial charge in [0.1, 0.15) is 0 Å². The number of benzene rings is 1. The van der Waals surface area contributed by atoms with E-state index in [1.165, 1.54) is 21.2 Å². The fraction of sp³-hybridized carbons (Fsp3) is 0.286. The number of aliphatic hydroxyl groups is 1. The molecule has 1 unspecified atom stereocenters. The summed E-state index contributed by atoms with van der Waals surface area (Å²) >= 11 is 1.90. The van der Waals surface area contributed by atoms with Gasteiger partial charge in [-0.1, -0.05) is 13.0 Å². The van der Waals surface area contributed by atoms with E-state index in [1.54, 1.807) is 6.26 Å². The van der Waals surface area contributed by atoms with Crippen molar-refractivity contribution in [2.24, 2.45) is 0 Å². The Morgan fingerprint density at radius 2 is 2.27 bits per heavy atom. The normalized spacial score (nSPS) is 23.5. The van der Waals surface area contributed by atoms with Gasteiger partial charge in [-0.2, -0.15) is 0 Å². The first kappa shape index (κ1) is 14.9. The molecule has 0 radical (unpaired) electrons. The molecule has 5 heteroatoms. The van der Waals surface area contributed by atoms with E-state index < -0.39 is 5.79 Å². The smallest absolute Gasteiger partial charge is 0.211 e. The van der Waals surface area contributed by atoms with E-state index in [0.717, 1.165) is 40.2 Å². The molecule has 2 aromatic heterocycles. The Morgan fingerprint density at radius 1 is 1.35 bits per heavy atom. The molecule has 1 aromatic carbocycles. The van der Waals surface area contributed by atoms with Crippen LogP contribution in [-0.2, 0) is 17.0 Å². The second-order valence-electron chi connectivity index (χ2n) is 7.34. The molecule has 6 rings (SSSR count). The third-order valence-corrected chi connectivity index (χ3v) is 6.92. The van der Waals surface area contributed by atoms with E-state index in [2.05, 4.69) is 35.0 Å². The number of aromatic nitrogens is 2. The predicted octanol–water partition coefficient (Wildman–Crippen LogP) is 4.60. The number of nitrogens with zero attached hydrogens (tertiary/aromatic N) is 2. The molecule has 26 heavy (non-hydrogen) atoms. The van der Waals surface area contributed by atoms with E-state index in [0.29, 0.717) is 12.8 Å². The molecular formula is C21H18N2O2S. The van der Waals surface area contributed by atoms with Crippen molar-refractivity contribution >= 4 is 39.6 Å². The van der Waals surface area contributed by atoms with Gasteiger partial charge in [-0.15, -0.1) is 11.8 Å². The summed E-state index contributed by atoms with van der Waals surface area (Å²) in [5.41, 5.74) is 7.02. The lowest BCUT2D eigenvalue weighted by molar-refractivity contribution is -0.172. The molecule has 1 N–H and O–H groups in total. The molecular weight excluding hydrogens is 344 g/mol. The highest BCUT2D eigenvalue weighted by molar-refractivity contribution is 7.99. The first-order valence-corrected chi connectivity index (χ1v) is 10.0. The van der Waals surface area contributed by atoms with Gasteiger partial charge in [0.25, 0.3) is 0 Å². The summed E-state index contributed by atoms with van der Waals surface area (Å²) in [6.07, 6.45) is 7.27. The minimum Gasteiger partial charge on any atom is -0.469 e. The Hall–Kier alpha value is -2.24. The van der Waals surface area contributed by atoms with Gasteiger partial charge in [-0.25, -0.2) is 4.98 Å². The van der Waals surface area contributed by atoms with Crippen LogP contribution in [0.25, 0.3) is 27.9 Å². The molecule has 0 fully saturated rings. The summed E-state index contributed by atoms with van der Waals surface area (Å²) in [5, 5.41) is 13.1. The number of rotatable bonds is 1. The largest absolute Gasteiger partial charge is 0.469 e. The van der Waals surface area contributed by atoms with Crippen molar-refractivity contribution in [1.29, 1.82) is 0 Å². The van der Waals surface area contributed by atoms with Crippen LogP contribution in [0.4, 0.5) is 0 Å². The monoisotopic (exact) mass is 362 g/mol. The number of hydrogen-bond acceptors (Lipinski definition) is 4. The van der Waals surface area contributed by atoms with Gasteiger partial charge in [0.05, 0.1) is 29.5 Å². The second-order valence-corrected chi connectivity index (χ2v) is 8.36. The molecule has 3 aliphatic heterocycles. The van der Waals surface area contributed by atoms with Gasteiger partial charge < -0.3 is 14.4 Å². The van der Waals surface area contributed by atoms with Gasteiger partial charge in [-0.05, 0) is 29.3 Å². The maximum absolute atomic E-state index is 10.5. The summed E-state index contributed by atoms with van der Waals surface area (Å²) in [6, 6.07) is 6.40. The van der Waals surface area contributed by atoms with E-state index in [1.807, 2.05) is 18.7 Å². The highest BCUT2D eigenvalue weighted by atomic mass is 32.2. The number of fused-ring (bicyclic) bond motifs is 5. The van der Waals surface area contributed by atoms with Crippen molar-refractivity contribution in [3.05, 3.63) is 53.1 Å². The van der Waals surface area contributed by atoms with Crippen LogP contribution in [0.2, 0.25) is 0 Å². The van der Waals surface area contributed by atoms with Crippen LogP contribution in [0.3, 0.4) is 0 Å². The zero-order valence-electron chi connectivity index (χ0n) is 14.5. The maximum Gasteiger partial charge on any atom is 0.211 e. The Kier molecular flexibility index (Phi) is 2.82. The van der Waals surface area contributed by atoms with Crippen LogP contribution in [0, 0.1) is 0 Å². The SMILES string of the molecule is CCC1(O)CC2=Cc3c4nc5cccc6c5c(c4cn3CC2=CO1)CS6. The summed E-state index contributed by atoms with van der Waals surface area (Å²) in [5.74, 6) is -0.0735. The molecule has 0 spiro atoms. The number of hydrogen-bond donors (Lipinski definition) is 1. The Bertz CT molecular complexity index is 1170. The minimum atomic E-state index is -1.08. The third-order valence-electron chi connectivity index (χ3n) is 5.83. The predicted molar refractivity (Wildman–Crippen MR) is 104 cm³/mol. The first-order valence-electron chi connectivity index (χ1n) is 9.03.